The van der Waals surface area contributed by atoms with Gasteiger partial charge in [0, 0.05) is 30.6 Å². The average Bonchev–Trinajstić information content (AvgIpc) is 3.51. The predicted molar refractivity (Wildman–Crippen MR) is 127 cm³/mol. The van der Waals surface area contributed by atoms with Crippen LogP contribution in [0, 0.1) is 0 Å². The van der Waals surface area contributed by atoms with Gasteiger partial charge in [-0.15, -0.1) is 11.3 Å². The summed E-state index contributed by atoms with van der Waals surface area (Å²) in [6, 6.07) is 15.1. The van der Waals surface area contributed by atoms with Crippen molar-refractivity contribution >= 4 is 27.3 Å². The van der Waals surface area contributed by atoms with Crippen LogP contribution in [0.5, 0.6) is 0 Å². The summed E-state index contributed by atoms with van der Waals surface area (Å²) in [5.41, 5.74) is 3.94. The van der Waals surface area contributed by atoms with Crippen LogP contribution >= 0.6 is 11.3 Å². The lowest BCUT2D eigenvalue weighted by atomic mass is 10.1. The molecule has 0 unspecified atom stereocenters. The van der Waals surface area contributed by atoms with Crippen LogP contribution in [0.3, 0.4) is 0 Å². The first-order chi connectivity index (χ1) is 15.5. The Morgan fingerprint density at radius 2 is 1.69 bits per heavy atom. The first-order valence-electron chi connectivity index (χ1n) is 10.8. The third kappa shape index (κ3) is 5.26. The summed E-state index contributed by atoms with van der Waals surface area (Å²) >= 11 is 1.53. The van der Waals surface area contributed by atoms with E-state index in [0.29, 0.717) is 24.5 Å². The number of hydrogen-bond acceptors (Lipinski definition) is 5. The van der Waals surface area contributed by atoms with E-state index in [9.17, 15) is 13.2 Å². The number of carbonyl (C=O) groups is 1. The Bertz CT molecular complexity index is 1160. The Morgan fingerprint density at radius 3 is 2.34 bits per heavy atom. The summed E-state index contributed by atoms with van der Waals surface area (Å²) < 4.78 is 26.7. The van der Waals surface area contributed by atoms with Crippen molar-refractivity contribution < 1.29 is 13.2 Å². The number of sulfonamides is 1. The maximum Gasteiger partial charge on any atom is 0.243 e. The van der Waals surface area contributed by atoms with Crippen molar-refractivity contribution in [3.05, 3.63) is 70.7 Å². The number of carbonyl (C=O) groups excluding carboxylic acids is 1. The van der Waals surface area contributed by atoms with Crippen LogP contribution in [-0.4, -0.2) is 36.7 Å². The molecule has 2 heterocycles. The molecule has 1 aliphatic rings. The number of benzene rings is 2. The summed E-state index contributed by atoms with van der Waals surface area (Å²) in [7, 11) is -3.41. The van der Waals surface area contributed by atoms with Crippen LogP contribution in [0.2, 0.25) is 0 Å². The molecular formula is C24H27N3O3S2. The van der Waals surface area contributed by atoms with Gasteiger partial charge < -0.3 is 5.32 Å². The van der Waals surface area contributed by atoms with Crippen LogP contribution in [0.15, 0.2) is 58.8 Å². The summed E-state index contributed by atoms with van der Waals surface area (Å²) in [4.78, 5) is 17.3. The Hall–Kier alpha value is -2.55. The van der Waals surface area contributed by atoms with Gasteiger partial charge in [-0.1, -0.05) is 43.3 Å². The van der Waals surface area contributed by atoms with E-state index in [4.69, 9.17) is 0 Å². The zero-order valence-corrected chi connectivity index (χ0v) is 19.7. The Kier molecular flexibility index (Phi) is 7.03. The molecule has 4 rings (SSSR count). The fraction of sp³-hybridized carbons (Fsp3) is 0.333. The largest absolute Gasteiger partial charge is 0.352 e. The molecule has 32 heavy (non-hydrogen) atoms. The lowest BCUT2D eigenvalue weighted by Gasteiger charge is -2.15. The number of rotatable bonds is 8. The highest BCUT2D eigenvalue weighted by Gasteiger charge is 2.26. The molecule has 0 radical (unpaired) electrons. The quantitative estimate of drug-likeness (QED) is 0.541. The van der Waals surface area contributed by atoms with Crippen molar-refractivity contribution in [3.63, 3.8) is 0 Å². The number of nitrogens with zero attached hydrogens (tertiary/aromatic N) is 2. The van der Waals surface area contributed by atoms with Crippen LogP contribution < -0.4 is 5.32 Å². The molecule has 8 heteroatoms. The lowest BCUT2D eigenvalue weighted by molar-refractivity contribution is -0.120. The van der Waals surface area contributed by atoms with Gasteiger partial charge in [0.05, 0.1) is 17.0 Å². The van der Waals surface area contributed by atoms with E-state index in [1.165, 1.54) is 21.2 Å². The highest BCUT2D eigenvalue weighted by Crippen LogP contribution is 2.24. The Morgan fingerprint density at radius 1 is 1.03 bits per heavy atom. The van der Waals surface area contributed by atoms with Crippen LogP contribution in [0.1, 0.15) is 36.6 Å². The summed E-state index contributed by atoms with van der Waals surface area (Å²) in [5, 5.41) is 5.72. The van der Waals surface area contributed by atoms with E-state index in [1.807, 2.05) is 5.38 Å². The number of thiazole rings is 1. The minimum Gasteiger partial charge on any atom is -0.352 e. The third-order valence-electron chi connectivity index (χ3n) is 5.62. The zero-order chi connectivity index (χ0) is 22.6. The molecule has 1 amide bonds. The minimum atomic E-state index is -3.41. The van der Waals surface area contributed by atoms with Crippen molar-refractivity contribution in [3.8, 4) is 10.6 Å². The second-order valence-corrected chi connectivity index (χ2v) is 10.7. The Labute approximate surface area is 193 Å². The maximum absolute atomic E-state index is 12.6. The van der Waals surface area contributed by atoms with Crippen molar-refractivity contribution in [1.29, 1.82) is 0 Å². The fourth-order valence-electron chi connectivity index (χ4n) is 3.69. The second-order valence-electron chi connectivity index (χ2n) is 7.90. The van der Waals surface area contributed by atoms with Crippen LogP contribution in [0.4, 0.5) is 0 Å². The van der Waals surface area contributed by atoms with Gasteiger partial charge in [0.2, 0.25) is 15.9 Å². The standard InChI is InChI=1S/C24H27N3O3S2/c1-2-18-5-9-20(10-6-18)24-26-21(17-31-24)15-23(28)25-16-19-7-11-22(12-8-19)32(29,30)27-13-3-4-14-27/h5-12,17H,2-4,13-16H2,1H3,(H,25,28). The molecule has 1 fully saturated rings. The van der Waals surface area contributed by atoms with Crippen molar-refractivity contribution in [1.82, 2.24) is 14.6 Å². The number of aromatic nitrogens is 1. The summed E-state index contributed by atoms with van der Waals surface area (Å²) in [6.07, 6.45) is 3.04. The van der Waals surface area contributed by atoms with Gasteiger partial charge >= 0.3 is 0 Å². The smallest absolute Gasteiger partial charge is 0.243 e. The monoisotopic (exact) mass is 469 g/mol. The van der Waals surface area contributed by atoms with Gasteiger partial charge in [-0.3, -0.25) is 4.79 Å². The van der Waals surface area contributed by atoms with E-state index in [2.05, 4.69) is 41.5 Å². The third-order valence-corrected chi connectivity index (χ3v) is 8.47. The van der Waals surface area contributed by atoms with Crippen molar-refractivity contribution in [2.45, 2.75) is 44.0 Å². The number of aryl methyl sites for hydroxylation is 1. The molecule has 168 valence electrons. The molecule has 1 aliphatic heterocycles. The number of nitrogens with one attached hydrogen (secondary N) is 1. The average molecular weight is 470 g/mol. The molecule has 0 saturated carbocycles. The minimum absolute atomic E-state index is 0.114. The SMILES string of the molecule is CCc1ccc(-c2nc(CC(=O)NCc3ccc(S(=O)(=O)N4CCCC4)cc3)cs2)cc1. The molecule has 0 atom stereocenters. The van der Waals surface area contributed by atoms with Crippen LogP contribution in [-0.2, 0) is 34.2 Å². The highest BCUT2D eigenvalue weighted by molar-refractivity contribution is 7.89. The first-order valence-corrected chi connectivity index (χ1v) is 13.2. The maximum atomic E-state index is 12.6. The topological polar surface area (TPSA) is 79.4 Å². The molecule has 0 aliphatic carbocycles. The second kappa shape index (κ2) is 9.94. The normalized spacial score (nSPS) is 14.5. The van der Waals surface area contributed by atoms with Crippen LogP contribution in [0.25, 0.3) is 10.6 Å². The predicted octanol–water partition coefficient (Wildman–Crippen LogP) is 4.02. The fourth-order valence-corrected chi connectivity index (χ4v) is 6.03. The lowest BCUT2D eigenvalue weighted by Crippen LogP contribution is -2.28. The van der Waals surface area contributed by atoms with Crippen molar-refractivity contribution in [2.24, 2.45) is 0 Å². The number of hydrogen-bond donors (Lipinski definition) is 1. The molecule has 0 bridgehead atoms. The molecule has 1 aromatic heterocycles. The van der Waals surface area contributed by atoms with E-state index >= 15 is 0 Å². The van der Waals surface area contributed by atoms with E-state index < -0.39 is 10.0 Å². The van der Waals surface area contributed by atoms with E-state index in [-0.39, 0.29) is 12.3 Å². The van der Waals surface area contributed by atoms with Gasteiger partial charge in [-0.2, -0.15) is 4.31 Å². The molecule has 2 aromatic carbocycles. The Balaban J connectivity index is 1.31. The molecular weight excluding hydrogens is 442 g/mol. The van der Waals surface area contributed by atoms with Gasteiger partial charge in [-0.25, -0.2) is 13.4 Å². The summed E-state index contributed by atoms with van der Waals surface area (Å²) in [5.74, 6) is -0.114. The van der Waals surface area contributed by atoms with Crippen molar-refractivity contribution in [2.75, 3.05) is 13.1 Å². The zero-order valence-electron chi connectivity index (χ0n) is 18.1. The molecule has 3 aromatic rings. The highest BCUT2D eigenvalue weighted by atomic mass is 32.2. The molecule has 1 N–H and O–H groups in total. The first kappa shape index (κ1) is 22.6. The van der Waals surface area contributed by atoms with Gasteiger partial charge in [0.25, 0.3) is 0 Å². The molecule has 1 saturated heterocycles. The summed E-state index contributed by atoms with van der Waals surface area (Å²) in [6.45, 7) is 3.64. The molecule has 0 spiro atoms. The number of amides is 1. The van der Waals surface area contributed by atoms with Gasteiger partial charge in [-0.05, 0) is 42.5 Å². The van der Waals surface area contributed by atoms with E-state index in [0.717, 1.165) is 41.1 Å². The van der Waals surface area contributed by atoms with E-state index in [1.54, 1.807) is 24.3 Å². The molecule has 6 nitrogen and oxygen atoms in total. The van der Waals surface area contributed by atoms with Gasteiger partial charge in [0.1, 0.15) is 5.01 Å². The van der Waals surface area contributed by atoms with Gasteiger partial charge in [0.15, 0.2) is 0 Å².